The number of nitrogens with one attached hydrogen (secondary N) is 2. The summed E-state index contributed by atoms with van der Waals surface area (Å²) in [6.45, 7) is 4.78. The number of hydrogen-bond donors (Lipinski definition) is 4. The SMILES string of the molecule is CC(C)(C)OC(=O)NC12CCC(c3nc(C(=O)NC(CO)C(=O)O)cs3)(CC1)C2. The van der Waals surface area contributed by atoms with Crippen LogP contribution in [0.3, 0.4) is 0 Å². The molecule has 9 nitrogen and oxygen atoms in total. The highest BCUT2D eigenvalue weighted by molar-refractivity contribution is 7.10. The maximum atomic E-state index is 12.3. The molecule has 1 aromatic heterocycles. The van der Waals surface area contributed by atoms with Crippen molar-refractivity contribution in [1.29, 1.82) is 0 Å². The van der Waals surface area contributed by atoms with Crippen LogP contribution in [-0.4, -0.2) is 57.0 Å². The fraction of sp³-hybridized carbons (Fsp3) is 0.684. The Morgan fingerprint density at radius 2 is 1.93 bits per heavy atom. The van der Waals surface area contributed by atoms with Gasteiger partial charge in [0.25, 0.3) is 5.91 Å². The standard InChI is InChI=1S/C19H27N3O6S/c1-17(2,3)28-16(27)22-19-6-4-18(10-19,5-7-19)15-21-12(9-29-15)13(24)20-11(8-23)14(25)26/h9,11,23H,4-8,10H2,1-3H3,(H,20,24)(H,22,27)(H,25,26). The first-order valence-corrected chi connectivity index (χ1v) is 10.5. The molecule has 4 N–H and O–H groups in total. The molecule has 0 aromatic carbocycles. The smallest absolute Gasteiger partial charge is 0.408 e. The van der Waals surface area contributed by atoms with E-state index in [2.05, 4.69) is 15.6 Å². The minimum absolute atomic E-state index is 0.142. The largest absolute Gasteiger partial charge is 0.480 e. The van der Waals surface area contributed by atoms with Gasteiger partial charge in [0.2, 0.25) is 0 Å². The van der Waals surface area contributed by atoms with E-state index in [0.717, 1.165) is 37.1 Å². The zero-order valence-electron chi connectivity index (χ0n) is 16.8. The second-order valence-corrected chi connectivity index (χ2v) is 9.81. The average molecular weight is 426 g/mol. The van der Waals surface area contributed by atoms with Gasteiger partial charge in [-0.3, -0.25) is 4.79 Å². The van der Waals surface area contributed by atoms with E-state index in [4.69, 9.17) is 14.9 Å². The van der Waals surface area contributed by atoms with Crippen LogP contribution in [0.4, 0.5) is 4.79 Å². The maximum absolute atomic E-state index is 12.3. The van der Waals surface area contributed by atoms with E-state index in [1.54, 1.807) is 5.38 Å². The first-order chi connectivity index (χ1) is 13.5. The number of thiazole rings is 1. The molecular weight excluding hydrogens is 398 g/mol. The van der Waals surface area contributed by atoms with Crippen LogP contribution < -0.4 is 10.6 Å². The molecule has 1 unspecified atom stereocenters. The average Bonchev–Trinajstić information content (AvgIpc) is 3.30. The van der Waals surface area contributed by atoms with E-state index in [1.807, 2.05) is 20.8 Å². The normalized spacial score (nSPS) is 26.8. The predicted octanol–water partition coefficient (Wildman–Crippen LogP) is 1.80. The molecule has 2 fully saturated rings. The summed E-state index contributed by atoms with van der Waals surface area (Å²) in [5, 5.41) is 25.8. The summed E-state index contributed by atoms with van der Waals surface area (Å²) in [7, 11) is 0. The number of hydrogen-bond acceptors (Lipinski definition) is 7. The van der Waals surface area contributed by atoms with Gasteiger partial charge in [0.1, 0.15) is 11.3 Å². The minimum atomic E-state index is -1.37. The third-order valence-corrected chi connectivity index (χ3v) is 6.67. The van der Waals surface area contributed by atoms with Gasteiger partial charge in [-0.2, -0.15) is 0 Å². The molecule has 160 valence electrons. The number of alkyl carbamates (subject to hydrolysis) is 1. The van der Waals surface area contributed by atoms with Crippen molar-refractivity contribution in [3.05, 3.63) is 16.1 Å². The quantitative estimate of drug-likeness (QED) is 0.545. The molecule has 1 heterocycles. The molecule has 29 heavy (non-hydrogen) atoms. The molecule has 0 spiro atoms. The van der Waals surface area contributed by atoms with Gasteiger partial charge in [-0.05, 0) is 52.9 Å². The monoisotopic (exact) mass is 425 g/mol. The first kappa shape index (κ1) is 21.5. The molecule has 2 amide bonds. The van der Waals surface area contributed by atoms with Crippen LogP contribution >= 0.6 is 11.3 Å². The number of ether oxygens (including phenoxy) is 1. The molecule has 2 aliphatic rings. The lowest BCUT2D eigenvalue weighted by Gasteiger charge is -2.29. The van der Waals surface area contributed by atoms with Crippen molar-refractivity contribution in [3.8, 4) is 0 Å². The Hall–Kier alpha value is -2.20. The zero-order valence-corrected chi connectivity index (χ0v) is 17.6. The molecular formula is C19H27N3O6S. The van der Waals surface area contributed by atoms with Crippen LogP contribution in [0, 0.1) is 0 Å². The van der Waals surface area contributed by atoms with Crippen molar-refractivity contribution in [2.75, 3.05) is 6.61 Å². The molecule has 3 rings (SSSR count). The molecule has 10 heteroatoms. The lowest BCUT2D eigenvalue weighted by atomic mass is 9.84. The number of fused-ring (bicyclic) bond motifs is 2. The van der Waals surface area contributed by atoms with E-state index in [0.29, 0.717) is 0 Å². The second kappa shape index (κ2) is 7.56. The number of rotatable bonds is 6. The van der Waals surface area contributed by atoms with E-state index >= 15 is 0 Å². The van der Waals surface area contributed by atoms with Gasteiger partial charge in [0.15, 0.2) is 6.04 Å². The molecule has 0 radical (unpaired) electrons. The van der Waals surface area contributed by atoms with Crippen molar-refractivity contribution in [3.63, 3.8) is 0 Å². The number of aliphatic hydroxyl groups is 1. The summed E-state index contributed by atoms with van der Waals surface area (Å²) < 4.78 is 5.40. The van der Waals surface area contributed by atoms with Crippen LogP contribution in [0.2, 0.25) is 0 Å². The first-order valence-electron chi connectivity index (χ1n) is 9.59. The number of nitrogens with zero attached hydrogens (tertiary/aromatic N) is 1. The minimum Gasteiger partial charge on any atom is -0.480 e. The van der Waals surface area contributed by atoms with Gasteiger partial charge in [0, 0.05) is 16.3 Å². The van der Waals surface area contributed by atoms with Crippen molar-refractivity contribution in [2.45, 2.75) is 75.5 Å². The van der Waals surface area contributed by atoms with Crippen molar-refractivity contribution in [1.82, 2.24) is 15.6 Å². The Morgan fingerprint density at radius 1 is 1.28 bits per heavy atom. The molecule has 0 aliphatic heterocycles. The van der Waals surface area contributed by atoms with E-state index in [9.17, 15) is 14.4 Å². The Bertz CT molecular complexity index is 807. The van der Waals surface area contributed by atoms with Crippen molar-refractivity contribution >= 4 is 29.3 Å². The Labute approximate surface area is 172 Å². The number of carbonyl (C=O) groups excluding carboxylic acids is 2. The zero-order chi connectivity index (χ0) is 21.4. The van der Waals surface area contributed by atoms with Crippen molar-refractivity contribution < 1.29 is 29.3 Å². The molecule has 2 aliphatic carbocycles. The highest BCUT2D eigenvalue weighted by atomic mass is 32.1. The molecule has 0 saturated heterocycles. The second-order valence-electron chi connectivity index (χ2n) is 8.95. The van der Waals surface area contributed by atoms with E-state index in [1.165, 1.54) is 11.3 Å². The Kier molecular flexibility index (Phi) is 5.61. The van der Waals surface area contributed by atoms with Crippen LogP contribution in [0.15, 0.2) is 5.38 Å². The van der Waals surface area contributed by atoms with E-state index in [-0.39, 0.29) is 16.6 Å². The number of aromatic nitrogens is 1. The summed E-state index contributed by atoms with van der Waals surface area (Å²) >= 11 is 1.37. The van der Waals surface area contributed by atoms with Crippen LogP contribution in [0.5, 0.6) is 0 Å². The number of carbonyl (C=O) groups is 3. The topological polar surface area (TPSA) is 138 Å². The number of aliphatic hydroxyl groups excluding tert-OH is 1. The van der Waals surface area contributed by atoms with Gasteiger partial charge >= 0.3 is 12.1 Å². The summed E-state index contributed by atoms with van der Waals surface area (Å²) in [4.78, 5) is 40.0. The van der Waals surface area contributed by atoms with E-state index < -0.39 is 36.2 Å². The lowest BCUT2D eigenvalue weighted by molar-refractivity contribution is -0.140. The molecule has 1 aromatic rings. The Morgan fingerprint density at radius 3 is 2.48 bits per heavy atom. The number of aliphatic carboxylic acids is 1. The lowest BCUT2D eigenvalue weighted by Crippen LogP contribution is -2.47. The van der Waals surface area contributed by atoms with Gasteiger partial charge < -0.3 is 25.6 Å². The van der Waals surface area contributed by atoms with Gasteiger partial charge in [-0.15, -0.1) is 11.3 Å². The van der Waals surface area contributed by atoms with Gasteiger partial charge in [-0.25, -0.2) is 14.6 Å². The summed E-state index contributed by atoms with van der Waals surface area (Å²) in [5.41, 5.74) is -0.929. The van der Waals surface area contributed by atoms with Crippen LogP contribution in [0.1, 0.15) is 68.4 Å². The molecule has 1 atom stereocenters. The van der Waals surface area contributed by atoms with Gasteiger partial charge in [0.05, 0.1) is 11.6 Å². The summed E-state index contributed by atoms with van der Waals surface area (Å²) in [6, 6.07) is -1.37. The number of carboxylic acid groups (broad SMARTS) is 1. The van der Waals surface area contributed by atoms with Crippen LogP contribution in [-0.2, 0) is 14.9 Å². The number of amides is 2. The Balaban J connectivity index is 1.68. The third kappa shape index (κ3) is 4.53. The molecule has 2 saturated carbocycles. The van der Waals surface area contributed by atoms with Crippen LogP contribution in [0.25, 0.3) is 0 Å². The predicted molar refractivity (Wildman–Crippen MR) is 105 cm³/mol. The summed E-state index contributed by atoms with van der Waals surface area (Å²) in [6.07, 6.45) is 3.66. The summed E-state index contributed by atoms with van der Waals surface area (Å²) in [5.74, 6) is -1.93. The maximum Gasteiger partial charge on any atom is 0.408 e. The van der Waals surface area contributed by atoms with Gasteiger partial charge in [-0.1, -0.05) is 0 Å². The molecule has 2 bridgehead atoms. The fourth-order valence-corrected chi connectivity index (χ4v) is 5.29. The highest BCUT2D eigenvalue weighted by Crippen LogP contribution is 2.58. The third-order valence-electron chi connectivity index (χ3n) is 5.58. The van der Waals surface area contributed by atoms with Crippen molar-refractivity contribution in [2.24, 2.45) is 0 Å². The fourth-order valence-electron chi connectivity index (χ4n) is 4.23. The number of carboxylic acids is 1. The highest BCUT2D eigenvalue weighted by Gasteiger charge is 2.57.